The Morgan fingerprint density at radius 1 is 1.27 bits per heavy atom. The molecule has 1 heterocycles. The molecule has 1 N–H and O–H groups in total. The van der Waals surface area contributed by atoms with E-state index in [0.717, 1.165) is 17.0 Å². The summed E-state index contributed by atoms with van der Waals surface area (Å²) in [4.78, 5) is 12.3. The topological polar surface area (TPSA) is 46.9 Å². The molecule has 0 saturated carbocycles. The molecule has 5 heteroatoms. The maximum Gasteiger partial charge on any atom is 0.225 e. The summed E-state index contributed by atoms with van der Waals surface area (Å²) < 4.78 is 1.80. The monoisotopic (exact) mass is 319 g/mol. The van der Waals surface area contributed by atoms with Crippen LogP contribution in [0.4, 0.5) is 0 Å². The molecule has 0 aliphatic rings. The maximum absolute atomic E-state index is 12.3. The van der Waals surface area contributed by atoms with Gasteiger partial charge in [-0.1, -0.05) is 48.9 Å². The summed E-state index contributed by atoms with van der Waals surface area (Å²) in [6.45, 7) is 8.19. The van der Waals surface area contributed by atoms with Crippen LogP contribution in [-0.2, 0) is 11.3 Å². The van der Waals surface area contributed by atoms with Crippen LogP contribution in [0.15, 0.2) is 30.3 Å². The van der Waals surface area contributed by atoms with Gasteiger partial charge in [-0.05, 0) is 26.3 Å². The highest BCUT2D eigenvalue weighted by atomic mass is 35.5. The van der Waals surface area contributed by atoms with Crippen molar-refractivity contribution in [1.82, 2.24) is 15.1 Å². The predicted molar refractivity (Wildman–Crippen MR) is 88.9 cm³/mol. The molecule has 0 spiro atoms. The van der Waals surface area contributed by atoms with E-state index in [2.05, 4.69) is 10.4 Å². The fourth-order valence-electron chi connectivity index (χ4n) is 2.38. The van der Waals surface area contributed by atoms with E-state index in [9.17, 15) is 4.79 Å². The first-order valence-corrected chi connectivity index (χ1v) is 7.82. The van der Waals surface area contributed by atoms with Gasteiger partial charge >= 0.3 is 0 Å². The van der Waals surface area contributed by atoms with E-state index >= 15 is 0 Å². The van der Waals surface area contributed by atoms with Crippen molar-refractivity contribution in [3.63, 3.8) is 0 Å². The van der Waals surface area contributed by atoms with Gasteiger partial charge in [0.2, 0.25) is 5.91 Å². The van der Waals surface area contributed by atoms with Gasteiger partial charge in [-0.15, -0.1) is 0 Å². The number of nitrogens with zero attached hydrogens (tertiary/aromatic N) is 2. The molecule has 0 bridgehead atoms. The third-order valence-electron chi connectivity index (χ3n) is 3.85. The van der Waals surface area contributed by atoms with Gasteiger partial charge in [-0.2, -0.15) is 5.10 Å². The molecule has 118 valence electrons. The number of rotatable bonds is 5. The number of carbonyl (C=O) groups is 1. The average molecular weight is 320 g/mol. The highest BCUT2D eigenvalue weighted by molar-refractivity contribution is 6.31. The molecule has 2 rings (SSSR count). The number of nitrogens with one attached hydrogen (secondary N) is 1. The minimum Gasteiger partial charge on any atom is -0.349 e. The zero-order valence-corrected chi connectivity index (χ0v) is 14.2. The van der Waals surface area contributed by atoms with E-state index in [0.29, 0.717) is 11.6 Å². The summed E-state index contributed by atoms with van der Waals surface area (Å²) in [6, 6.07) is 9.92. The normalized spacial score (nSPS) is 13.7. The second kappa shape index (κ2) is 6.97. The van der Waals surface area contributed by atoms with Crippen LogP contribution in [-0.4, -0.2) is 15.7 Å². The Balaban J connectivity index is 1.99. The molecule has 4 nitrogen and oxygen atoms in total. The number of aryl methyl sites for hydroxylation is 1. The molecule has 2 unspecified atom stereocenters. The van der Waals surface area contributed by atoms with Gasteiger partial charge in [0.05, 0.1) is 34.9 Å². The molecule has 0 radical (unpaired) electrons. The first kappa shape index (κ1) is 16.6. The summed E-state index contributed by atoms with van der Waals surface area (Å²) in [5, 5.41) is 8.09. The van der Waals surface area contributed by atoms with Crippen molar-refractivity contribution in [1.29, 1.82) is 0 Å². The SMILES string of the molecule is Cc1nn(CC(C)C(=O)NC(C)c2ccccc2)c(C)c1Cl. The second-order valence-corrected chi connectivity index (χ2v) is 6.09. The Morgan fingerprint density at radius 3 is 2.45 bits per heavy atom. The van der Waals surface area contributed by atoms with Crippen molar-refractivity contribution < 1.29 is 4.79 Å². The number of halogens is 1. The molecule has 1 aromatic heterocycles. The van der Waals surface area contributed by atoms with Gasteiger partial charge in [0.1, 0.15) is 0 Å². The fraction of sp³-hybridized carbons (Fsp3) is 0.412. The second-order valence-electron chi connectivity index (χ2n) is 5.71. The highest BCUT2D eigenvalue weighted by Gasteiger charge is 2.19. The lowest BCUT2D eigenvalue weighted by Crippen LogP contribution is -2.33. The van der Waals surface area contributed by atoms with Crippen molar-refractivity contribution >= 4 is 17.5 Å². The number of carbonyl (C=O) groups excluding carboxylic acids is 1. The minimum atomic E-state index is -0.180. The predicted octanol–water partition coefficient (Wildman–Crippen LogP) is 3.67. The van der Waals surface area contributed by atoms with Crippen LogP contribution >= 0.6 is 11.6 Å². The van der Waals surface area contributed by atoms with E-state index in [4.69, 9.17) is 11.6 Å². The van der Waals surface area contributed by atoms with Crippen LogP contribution in [0, 0.1) is 19.8 Å². The smallest absolute Gasteiger partial charge is 0.225 e. The Labute approximate surface area is 136 Å². The molecule has 1 amide bonds. The minimum absolute atomic E-state index is 0.0137. The van der Waals surface area contributed by atoms with Gasteiger partial charge in [-0.3, -0.25) is 9.48 Å². The van der Waals surface area contributed by atoms with Gasteiger partial charge in [0, 0.05) is 0 Å². The van der Waals surface area contributed by atoms with E-state index in [1.54, 1.807) is 4.68 Å². The highest BCUT2D eigenvalue weighted by Crippen LogP contribution is 2.20. The van der Waals surface area contributed by atoms with Crippen molar-refractivity contribution in [2.24, 2.45) is 5.92 Å². The van der Waals surface area contributed by atoms with Gasteiger partial charge in [-0.25, -0.2) is 0 Å². The van der Waals surface area contributed by atoms with Gasteiger partial charge in [0.25, 0.3) is 0 Å². The van der Waals surface area contributed by atoms with Crippen molar-refractivity contribution in [2.45, 2.75) is 40.3 Å². The first-order chi connectivity index (χ1) is 10.4. The molecule has 1 aromatic carbocycles. The van der Waals surface area contributed by atoms with E-state index in [1.165, 1.54) is 0 Å². The molecule has 2 aromatic rings. The molecular weight excluding hydrogens is 298 g/mol. The molecule has 2 atom stereocenters. The lowest BCUT2D eigenvalue weighted by molar-refractivity contribution is -0.125. The third kappa shape index (κ3) is 3.69. The molecule has 0 aliphatic carbocycles. The van der Waals surface area contributed by atoms with Gasteiger partial charge in [0.15, 0.2) is 0 Å². The lowest BCUT2D eigenvalue weighted by Gasteiger charge is -2.18. The third-order valence-corrected chi connectivity index (χ3v) is 4.39. The Bertz CT molecular complexity index is 651. The zero-order valence-electron chi connectivity index (χ0n) is 13.4. The molecule has 0 aliphatic heterocycles. The average Bonchev–Trinajstić information content (AvgIpc) is 2.75. The van der Waals surface area contributed by atoms with E-state index < -0.39 is 0 Å². The summed E-state index contributed by atoms with van der Waals surface area (Å²) in [6.07, 6.45) is 0. The summed E-state index contributed by atoms with van der Waals surface area (Å²) in [7, 11) is 0. The van der Waals surface area contributed by atoms with Crippen LogP contribution in [0.1, 0.15) is 36.8 Å². The van der Waals surface area contributed by atoms with Crippen molar-refractivity contribution in [3.8, 4) is 0 Å². The van der Waals surface area contributed by atoms with Crippen LogP contribution in [0.25, 0.3) is 0 Å². The fourth-order valence-corrected chi connectivity index (χ4v) is 2.51. The standard InChI is InChI=1S/C17H22ClN3O/c1-11(10-21-14(4)16(18)13(3)20-21)17(22)19-12(2)15-8-6-5-7-9-15/h5-9,11-12H,10H2,1-4H3,(H,19,22). The van der Waals surface area contributed by atoms with Crippen LogP contribution in [0.2, 0.25) is 5.02 Å². The first-order valence-electron chi connectivity index (χ1n) is 7.45. The van der Waals surface area contributed by atoms with E-state index in [-0.39, 0.29) is 17.9 Å². The van der Waals surface area contributed by atoms with E-state index in [1.807, 2.05) is 58.0 Å². The maximum atomic E-state index is 12.3. The van der Waals surface area contributed by atoms with Crippen LogP contribution in [0.5, 0.6) is 0 Å². The molecular formula is C17H22ClN3O. The number of benzene rings is 1. The Hall–Kier alpha value is -1.81. The van der Waals surface area contributed by atoms with Crippen LogP contribution < -0.4 is 5.32 Å². The van der Waals surface area contributed by atoms with Crippen LogP contribution in [0.3, 0.4) is 0 Å². The largest absolute Gasteiger partial charge is 0.349 e. The quantitative estimate of drug-likeness (QED) is 0.914. The number of aromatic nitrogens is 2. The zero-order chi connectivity index (χ0) is 16.3. The molecule has 22 heavy (non-hydrogen) atoms. The number of hydrogen-bond donors (Lipinski definition) is 1. The summed E-state index contributed by atoms with van der Waals surface area (Å²) in [5.41, 5.74) is 2.79. The Morgan fingerprint density at radius 2 is 1.91 bits per heavy atom. The molecule has 0 fully saturated rings. The lowest BCUT2D eigenvalue weighted by atomic mass is 10.1. The Kier molecular flexibility index (Phi) is 5.24. The molecule has 0 saturated heterocycles. The van der Waals surface area contributed by atoms with Gasteiger partial charge < -0.3 is 5.32 Å². The number of amides is 1. The van der Waals surface area contributed by atoms with Crippen molar-refractivity contribution in [3.05, 3.63) is 52.3 Å². The van der Waals surface area contributed by atoms with Crippen molar-refractivity contribution in [2.75, 3.05) is 0 Å². The summed E-state index contributed by atoms with van der Waals surface area (Å²) >= 11 is 6.14. The summed E-state index contributed by atoms with van der Waals surface area (Å²) in [5.74, 6) is -0.166. The number of hydrogen-bond acceptors (Lipinski definition) is 2.